The van der Waals surface area contributed by atoms with Crippen molar-refractivity contribution < 1.29 is 4.92 Å². The van der Waals surface area contributed by atoms with Gasteiger partial charge >= 0.3 is 0 Å². The van der Waals surface area contributed by atoms with Crippen LogP contribution in [-0.2, 0) is 0 Å². The predicted molar refractivity (Wildman–Crippen MR) is 225 cm³/mol. The van der Waals surface area contributed by atoms with E-state index in [1.165, 1.54) is 35.7 Å². The topological polar surface area (TPSA) is 108 Å². The molecule has 0 radical (unpaired) electrons. The Morgan fingerprint density at radius 2 is 0.943 bits per heavy atom. The number of benzene rings is 5. The number of hydrogen-bond acceptors (Lipinski definition) is 9. The zero-order valence-electron chi connectivity index (χ0n) is 27.2. The van der Waals surface area contributed by atoms with Gasteiger partial charge in [0.05, 0.1) is 46.5 Å². The van der Waals surface area contributed by atoms with Crippen molar-refractivity contribution in [2.24, 2.45) is 0 Å². The second-order valence-electron chi connectivity index (χ2n) is 11.1. The second-order valence-corrected chi connectivity index (χ2v) is 15.4. The summed E-state index contributed by atoms with van der Waals surface area (Å²) in [6.07, 6.45) is 5.29. The Morgan fingerprint density at radius 3 is 1.38 bits per heavy atom. The average Bonchev–Trinajstić information content (AvgIpc) is 3.15. The molecule has 0 atom stereocenters. The van der Waals surface area contributed by atoms with Gasteiger partial charge in [-0.25, -0.2) is 0 Å². The number of anilines is 1. The third-order valence-electron chi connectivity index (χ3n) is 7.36. The monoisotopic (exact) mass is 831 g/mol. The minimum absolute atomic E-state index is 0.129. The van der Waals surface area contributed by atoms with Crippen LogP contribution in [0.2, 0.25) is 20.1 Å². The van der Waals surface area contributed by atoms with Crippen LogP contribution in [0.1, 0.15) is 0 Å². The molecular formula is C39H25Cl4N5O2S3. The number of fused-ring (bicyclic) bond motifs is 3. The van der Waals surface area contributed by atoms with Crippen LogP contribution in [0.5, 0.6) is 0 Å². The Balaban J connectivity index is 0.000000143. The molecule has 3 aromatic heterocycles. The number of hydrogen-bond donors (Lipinski definition) is 2. The van der Waals surface area contributed by atoms with Crippen molar-refractivity contribution in [1.29, 1.82) is 0 Å². The lowest BCUT2D eigenvalue weighted by atomic mass is 10.2. The molecule has 0 spiro atoms. The number of thiol groups is 1. The quantitative estimate of drug-likeness (QED) is 0.0764. The highest BCUT2D eigenvalue weighted by atomic mass is 35.5. The highest BCUT2D eigenvalue weighted by molar-refractivity contribution is 7.99. The lowest BCUT2D eigenvalue weighted by molar-refractivity contribution is -0.384. The van der Waals surface area contributed by atoms with Gasteiger partial charge in [-0.15, -0.1) is 12.6 Å². The maximum atomic E-state index is 10.8. The molecule has 0 aliphatic carbocycles. The Bertz CT molecular complexity index is 2570. The van der Waals surface area contributed by atoms with E-state index in [9.17, 15) is 10.1 Å². The summed E-state index contributed by atoms with van der Waals surface area (Å²) in [5, 5.41) is 15.6. The van der Waals surface area contributed by atoms with Gasteiger partial charge in [0.25, 0.3) is 5.69 Å². The van der Waals surface area contributed by atoms with Gasteiger partial charge in [-0.3, -0.25) is 25.1 Å². The molecule has 7 nitrogen and oxygen atoms in total. The maximum Gasteiger partial charge on any atom is 0.272 e. The summed E-state index contributed by atoms with van der Waals surface area (Å²) in [4.78, 5) is 27.4. The van der Waals surface area contributed by atoms with Gasteiger partial charge in [0.2, 0.25) is 0 Å². The number of rotatable bonds is 5. The summed E-state index contributed by atoms with van der Waals surface area (Å²) in [5.74, 6) is 0. The molecule has 0 saturated carbocycles. The summed E-state index contributed by atoms with van der Waals surface area (Å²) in [5.41, 5.74) is 9.01. The SMILES string of the molecule is Nc1cc(Cl)c(Sc2cnc3ccccc3c2)c(Cl)c1.O=[N+]([O-])c1cc(Cl)c(Sc2cnc3ccccc3c2)c(Cl)c1.Sc1cnc2ccccc2c1. The smallest absolute Gasteiger partial charge is 0.272 e. The standard InChI is InChI=1S/C15H8Cl2N2O2S.C15H10Cl2N2S.C9H7NS/c16-12-6-10(19(20)21)7-13(17)15(12)22-11-5-9-3-1-2-4-14(9)18-8-11;16-12-6-10(18)7-13(17)15(12)20-11-5-9-3-1-2-4-14(9)19-8-11;11-8-5-7-3-1-2-4-9(7)10-6-8/h1-8H;1-8H,18H2;1-6,11H. The number of aromatic nitrogens is 3. The third kappa shape index (κ3) is 10.0. The highest BCUT2D eigenvalue weighted by Crippen LogP contribution is 2.42. The van der Waals surface area contributed by atoms with Crippen LogP contribution < -0.4 is 5.73 Å². The Kier molecular flexibility index (Phi) is 12.9. The van der Waals surface area contributed by atoms with Crippen molar-refractivity contribution in [2.45, 2.75) is 24.5 Å². The lowest BCUT2D eigenvalue weighted by Gasteiger charge is -2.08. The fourth-order valence-electron chi connectivity index (χ4n) is 4.93. The van der Waals surface area contributed by atoms with E-state index >= 15 is 0 Å². The van der Waals surface area contributed by atoms with Crippen LogP contribution in [0.3, 0.4) is 0 Å². The van der Waals surface area contributed by atoms with E-state index in [2.05, 4.69) is 33.6 Å². The Morgan fingerprint density at radius 1 is 0.566 bits per heavy atom. The first-order chi connectivity index (χ1) is 25.5. The molecule has 0 bridgehead atoms. The number of halogens is 4. The van der Waals surface area contributed by atoms with Crippen LogP contribution in [-0.4, -0.2) is 19.9 Å². The normalized spacial score (nSPS) is 10.7. The van der Waals surface area contributed by atoms with Gasteiger partial charge in [0.15, 0.2) is 0 Å². The largest absolute Gasteiger partial charge is 0.399 e. The fraction of sp³-hybridized carbons (Fsp3) is 0. The highest BCUT2D eigenvalue weighted by Gasteiger charge is 2.16. The number of para-hydroxylation sites is 3. The molecule has 0 saturated heterocycles. The zero-order valence-corrected chi connectivity index (χ0v) is 32.7. The van der Waals surface area contributed by atoms with Crippen LogP contribution in [0.15, 0.2) is 158 Å². The van der Waals surface area contributed by atoms with Crippen molar-refractivity contribution in [3.63, 3.8) is 0 Å². The van der Waals surface area contributed by atoms with E-state index in [-0.39, 0.29) is 15.7 Å². The van der Waals surface area contributed by atoms with E-state index in [0.29, 0.717) is 20.6 Å². The minimum Gasteiger partial charge on any atom is -0.399 e. The first kappa shape index (κ1) is 38.5. The fourth-order valence-corrected chi connectivity index (χ4v) is 8.25. The van der Waals surface area contributed by atoms with Gasteiger partial charge in [0.1, 0.15) is 0 Å². The summed E-state index contributed by atoms with van der Waals surface area (Å²) >= 11 is 31.6. The average molecular weight is 834 g/mol. The number of pyridine rings is 3. The molecule has 14 heteroatoms. The van der Waals surface area contributed by atoms with Crippen molar-refractivity contribution in [1.82, 2.24) is 15.0 Å². The molecule has 3 heterocycles. The predicted octanol–water partition coefficient (Wildman–Crippen LogP) is 13.4. The van der Waals surface area contributed by atoms with Gasteiger partial charge in [0, 0.05) is 72.2 Å². The van der Waals surface area contributed by atoms with E-state index in [1.807, 2.05) is 91.1 Å². The Labute approximate surface area is 338 Å². The number of nitro benzene ring substituents is 1. The van der Waals surface area contributed by atoms with E-state index in [1.54, 1.807) is 24.5 Å². The Hall–Kier alpha value is -4.26. The molecule has 0 fully saturated rings. The van der Waals surface area contributed by atoms with Crippen LogP contribution in [0.4, 0.5) is 11.4 Å². The number of nitrogen functional groups attached to an aromatic ring is 1. The molecule has 264 valence electrons. The molecule has 0 unspecified atom stereocenters. The molecular weight excluding hydrogens is 808 g/mol. The molecule has 53 heavy (non-hydrogen) atoms. The third-order valence-corrected chi connectivity index (χ3v) is 11.5. The molecule has 0 aliphatic rings. The molecule has 0 aliphatic heterocycles. The number of nitro groups is 1. The summed E-state index contributed by atoms with van der Waals surface area (Å²) in [6.45, 7) is 0. The summed E-state index contributed by atoms with van der Waals surface area (Å²) in [7, 11) is 0. The first-order valence-corrected chi connectivity index (χ1v) is 19.1. The maximum absolute atomic E-state index is 10.8. The number of nitrogens with two attached hydrogens (primary N) is 1. The van der Waals surface area contributed by atoms with Crippen LogP contribution in [0.25, 0.3) is 32.7 Å². The second kappa shape index (κ2) is 17.7. The van der Waals surface area contributed by atoms with Gasteiger partial charge < -0.3 is 5.73 Å². The summed E-state index contributed by atoms with van der Waals surface area (Å²) < 4.78 is 0. The van der Waals surface area contributed by atoms with E-state index < -0.39 is 4.92 Å². The van der Waals surface area contributed by atoms with Crippen LogP contribution in [0, 0.1) is 10.1 Å². The molecule has 8 rings (SSSR count). The van der Waals surface area contributed by atoms with Crippen molar-refractivity contribution in [3.8, 4) is 0 Å². The van der Waals surface area contributed by atoms with E-state index in [4.69, 9.17) is 52.1 Å². The zero-order chi connectivity index (χ0) is 37.5. The van der Waals surface area contributed by atoms with Gasteiger partial charge in [-0.2, -0.15) is 0 Å². The molecule has 0 amide bonds. The van der Waals surface area contributed by atoms with Gasteiger partial charge in [-0.1, -0.05) is 125 Å². The van der Waals surface area contributed by atoms with Crippen LogP contribution >= 0.6 is 82.6 Å². The first-order valence-electron chi connectivity index (χ1n) is 15.5. The molecule has 8 aromatic rings. The van der Waals surface area contributed by atoms with Gasteiger partial charge in [-0.05, 0) is 48.5 Å². The number of nitrogens with zero attached hydrogens (tertiary/aromatic N) is 4. The lowest BCUT2D eigenvalue weighted by Crippen LogP contribution is -1.89. The summed E-state index contributed by atoms with van der Waals surface area (Å²) in [6, 6.07) is 35.7. The minimum atomic E-state index is -0.524. The van der Waals surface area contributed by atoms with Crippen molar-refractivity contribution >= 4 is 127 Å². The van der Waals surface area contributed by atoms with Crippen molar-refractivity contribution in [3.05, 3.63) is 164 Å². The number of non-ortho nitro benzene ring substituents is 1. The van der Waals surface area contributed by atoms with E-state index in [0.717, 1.165) is 52.3 Å². The van der Waals surface area contributed by atoms with Crippen molar-refractivity contribution in [2.75, 3.05) is 5.73 Å². The molecule has 5 aromatic carbocycles. The molecule has 2 N–H and O–H groups in total.